The number of thioether (sulfide) groups is 1. The predicted molar refractivity (Wildman–Crippen MR) is 59.0 cm³/mol. The predicted octanol–water partition coefficient (Wildman–Crippen LogP) is 3.19. The van der Waals surface area contributed by atoms with E-state index in [1.165, 1.54) is 0 Å². The van der Waals surface area contributed by atoms with E-state index in [9.17, 15) is 0 Å². The summed E-state index contributed by atoms with van der Waals surface area (Å²) >= 11 is 5.08. The molecular weight excluding hydrogens is 252 g/mol. The standard InChI is InChI=1S/C9H11BrO2S/c1-11-7-5-4-6(10)9(13-3)8(7)12-2/h4-5H,1-3H3. The molecule has 0 heterocycles. The van der Waals surface area contributed by atoms with Crippen LogP contribution in [0, 0.1) is 0 Å². The van der Waals surface area contributed by atoms with E-state index in [1.54, 1.807) is 26.0 Å². The molecule has 1 aromatic carbocycles. The molecule has 1 aromatic rings. The maximum absolute atomic E-state index is 5.26. The van der Waals surface area contributed by atoms with Crippen LogP contribution in [0.1, 0.15) is 0 Å². The van der Waals surface area contributed by atoms with Gasteiger partial charge in [-0.25, -0.2) is 0 Å². The van der Waals surface area contributed by atoms with Gasteiger partial charge in [0.05, 0.1) is 19.1 Å². The number of methoxy groups -OCH3 is 2. The lowest BCUT2D eigenvalue weighted by molar-refractivity contribution is 0.347. The van der Waals surface area contributed by atoms with E-state index in [2.05, 4.69) is 15.9 Å². The molecule has 0 saturated carbocycles. The summed E-state index contributed by atoms with van der Waals surface area (Å²) in [5.41, 5.74) is 0. The van der Waals surface area contributed by atoms with Crippen LogP contribution in [0.25, 0.3) is 0 Å². The zero-order valence-electron chi connectivity index (χ0n) is 7.76. The third kappa shape index (κ3) is 2.11. The fourth-order valence-corrected chi connectivity index (χ4v) is 2.50. The fraction of sp³-hybridized carbons (Fsp3) is 0.333. The summed E-state index contributed by atoms with van der Waals surface area (Å²) in [6, 6.07) is 3.83. The number of rotatable bonds is 3. The summed E-state index contributed by atoms with van der Waals surface area (Å²) in [6.07, 6.45) is 2.00. The Labute approximate surface area is 90.7 Å². The molecule has 0 unspecified atom stereocenters. The average molecular weight is 263 g/mol. The first-order chi connectivity index (χ1) is 6.24. The van der Waals surface area contributed by atoms with E-state index >= 15 is 0 Å². The van der Waals surface area contributed by atoms with Crippen molar-refractivity contribution in [1.29, 1.82) is 0 Å². The zero-order valence-corrected chi connectivity index (χ0v) is 10.2. The van der Waals surface area contributed by atoms with E-state index < -0.39 is 0 Å². The van der Waals surface area contributed by atoms with E-state index in [0.717, 1.165) is 20.9 Å². The third-order valence-corrected chi connectivity index (χ3v) is 3.39. The lowest BCUT2D eigenvalue weighted by atomic mass is 10.3. The lowest BCUT2D eigenvalue weighted by Crippen LogP contribution is -1.92. The second kappa shape index (κ2) is 4.77. The molecule has 2 nitrogen and oxygen atoms in total. The molecule has 0 spiro atoms. The monoisotopic (exact) mass is 262 g/mol. The van der Waals surface area contributed by atoms with Gasteiger partial charge in [-0.15, -0.1) is 11.8 Å². The molecule has 0 atom stereocenters. The van der Waals surface area contributed by atoms with Gasteiger partial charge in [0.25, 0.3) is 0 Å². The van der Waals surface area contributed by atoms with Crippen molar-refractivity contribution in [3.05, 3.63) is 16.6 Å². The molecule has 0 bridgehead atoms. The second-order valence-electron chi connectivity index (χ2n) is 2.32. The molecule has 13 heavy (non-hydrogen) atoms. The van der Waals surface area contributed by atoms with Crippen LogP contribution in [0.4, 0.5) is 0 Å². The van der Waals surface area contributed by atoms with Crippen LogP contribution in [0.2, 0.25) is 0 Å². The van der Waals surface area contributed by atoms with Crippen molar-refractivity contribution in [3.63, 3.8) is 0 Å². The molecule has 0 saturated heterocycles. The summed E-state index contributed by atoms with van der Waals surface area (Å²) in [5.74, 6) is 1.54. The number of hydrogen-bond acceptors (Lipinski definition) is 3. The summed E-state index contributed by atoms with van der Waals surface area (Å²) in [5, 5.41) is 0. The number of ether oxygens (including phenoxy) is 2. The lowest BCUT2D eigenvalue weighted by Gasteiger charge is -2.12. The Kier molecular flexibility index (Phi) is 3.93. The highest BCUT2D eigenvalue weighted by Gasteiger charge is 2.11. The van der Waals surface area contributed by atoms with E-state index in [-0.39, 0.29) is 0 Å². The Morgan fingerprint density at radius 1 is 1.23 bits per heavy atom. The van der Waals surface area contributed by atoms with Crippen molar-refractivity contribution in [2.75, 3.05) is 20.5 Å². The van der Waals surface area contributed by atoms with Gasteiger partial charge in [0.1, 0.15) is 0 Å². The van der Waals surface area contributed by atoms with Gasteiger partial charge in [-0.3, -0.25) is 0 Å². The molecule has 0 radical (unpaired) electrons. The smallest absolute Gasteiger partial charge is 0.175 e. The molecule has 72 valence electrons. The molecule has 0 aliphatic heterocycles. The number of hydrogen-bond donors (Lipinski definition) is 0. The largest absolute Gasteiger partial charge is 0.493 e. The first-order valence-corrected chi connectivity index (χ1v) is 5.70. The van der Waals surface area contributed by atoms with Crippen molar-refractivity contribution < 1.29 is 9.47 Å². The van der Waals surface area contributed by atoms with E-state index in [1.807, 2.05) is 18.4 Å². The normalized spacial score (nSPS) is 9.85. The van der Waals surface area contributed by atoms with Crippen molar-refractivity contribution in [1.82, 2.24) is 0 Å². The Morgan fingerprint density at radius 2 is 1.92 bits per heavy atom. The van der Waals surface area contributed by atoms with Crippen LogP contribution in [0.3, 0.4) is 0 Å². The van der Waals surface area contributed by atoms with Crippen molar-refractivity contribution in [2.24, 2.45) is 0 Å². The Balaban J connectivity index is 3.27. The fourth-order valence-electron chi connectivity index (χ4n) is 1.06. The van der Waals surface area contributed by atoms with E-state index in [0.29, 0.717) is 0 Å². The van der Waals surface area contributed by atoms with Crippen LogP contribution >= 0.6 is 27.7 Å². The first-order valence-electron chi connectivity index (χ1n) is 3.69. The van der Waals surface area contributed by atoms with Gasteiger partial charge >= 0.3 is 0 Å². The minimum absolute atomic E-state index is 0.759. The zero-order chi connectivity index (χ0) is 9.84. The molecule has 0 fully saturated rings. The van der Waals surface area contributed by atoms with Gasteiger partial charge in [0.15, 0.2) is 11.5 Å². The van der Waals surface area contributed by atoms with Crippen molar-refractivity contribution in [3.8, 4) is 11.5 Å². The van der Waals surface area contributed by atoms with Gasteiger partial charge in [-0.2, -0.15) is 0 Å². The number of benzene rings is 1. The van der Waals surface area contributed by atoms with Crippen LogP contribution in [0.5, 0.6) is 11.5 Å². The first kappa shape index (κ1) is 10.7. The highest BCUT2D eigenvalue weighted by molar-refractivity contribution is 9.10. The summed E-state index contributed by atoms with van der Waals surface area (Å²) in [4.78, 5) is 1.06. The Bertz CT molecular complexity index is 302. The van der Waals surface area contributed by atoms with Gasteiger partial charge in [-0.1, -0.05) is 0 Å². The van der Waals surface area contributed by atoms with Crippen LogP contribution in [0.15, 0.2) is 21.5 Å². The summed E-state index contributed by atoms with van der Waals surface area (Å²) in [7, 11) is 3.28. The molecule has 0 aliphatic carbocycles. The topological polar surface area (TPSA) is 18.5 Å². The molecule has 0 N–H and O–H groups in total. The molecule has 4 heteroatoms. The highest BCUT2D eigenvalue weighted by atomic mass is 79.9. The summed E-state index contributed by atoms with van der Waals surface area (Å²) in [6.45, 7) is 0. The molecule has 0 aromatic heterocycles. The molecule has 0 aliphatic rings. The number of halogens is 1. The third-order valence-electron chi connectivity index (χ3n) is 1.66. The summed E-state index contributed by atoms with van der Waals surface area (Å²) < 4.78 is 11.5. The van der Waals surface area contributed by atoms with Gasteiger partial charge in [-0.05, 0) is 34.3 Å². The van der Waals surface area contributed by atoms with Gasteiger partial charge in [0, 0.05) is 4.47 Å². The minimum Gasteiger partial charge on any atom is -0.493 e. The quantitative estimate of drug-likeness (QED) is 0.780. The SMILES string of the molecule is COc1ccc(Br)c(SC)c1OC. The van der Waals surface area contributed by atoms with Gasteiger partial charge in [0.2, 0.25) is 0 Å². The van der Waals surface area contributed by atoms with Crippen molar-refractivity contribution >= 4 is 27.7 Å². The Morgan fingerprint density at radius 3 is 2.38 bits per heavy atom. The molecule has 0 amide bonds. The minimum atomic E-state index is 0.759. The molecule has 1 rings (SSSR count). The average Bonchev–Trinajstić information content (AvgIpc) is 2.17. The van der Waals surface area contributed by atoms with Crippen molar-refractivity contribution in [2.45, 2.75) is 4.90 Å². The molecular formula is C9H11BrO2S. The second-order valence-corrected chi connectivity index (χ2v) is 3.99. The maximum Gasteiger partial charge on any atom is 0.175 e. The Hall–Kier alpha value is -0.350. The van der Waals surface area contributed by atoms with Crippen LogP contribution in [-0.2, 0) is 0 Å². The highest BCUT2D eigenvalue weighted by Crippen LogP contribution is 2.41. The van der Waals surface area contributed by atoms with E-state index in [4.69, 9.17) is 9.47 Å². The van der Waals surface area contributed by atoms with Crippen LogP contribution in [-0.4, -0.2) is 20.5 Å². The maximum atomic E-state index is 5.26. The van der Waals surface area contributed by atoms with Crippen LogP contribution < -0.4 is 9.47 Å². The van der Waals surface area contributed by atoms with Gasteiger partial charge < -0.3 is 9.47 Å².